The van der Waals surface area contributed by atoms with E-state index in [1.165, 1.54) is 12.1 Å². The Morgan fingerprint density at radius 1 is 1.36 bits per heavy atom. The number of aromatic amines is 1. The number of nitrogens with zero attached hydrogens (tertiary/aromatic N) is 3. The van der Waals surface area contributed by atoms with E-state index in [1.54, 1.807) is 0 Å². The highest BCUT2D eigenvalue weighted by molar-refractivity contribution is 5.57. The van der Waals surface area contributed by atoms with Crippen molar-refractivity contribution in [3.63, 3.8) is 0 Å². The Bertz CT molecular complexity index is 606. The van der Waals surface area contributed by atoms with Gasteiger partial charge in [0.1, 0.15) is 5.82 Å². The molecule has 2 heterocycles. The van der Waals surface area contributed by atoms with E-state index in [-0.39, 0.29) is 12.3 Å². The molecule has 1 saturated heterocycles. The van der Waals surface area contributed by atoms with E-state index in [0.717, 1.165) is 18.7 Å². The summed E-state index contributed by atoms with van der Waals surface area (Å²) < 4.78 is 18.7. The number of ether oxygens (including phenoxy) is 1. The zero-order valence-corrected chi connectivity index (χ0v) is 12.1. The van der Waals surface area contributed by atoms with Crippen LogP contribution in [-0.2, 0) is 9.53 Å². The summed E-state index contributed by atoms with van der Waals surface area (Å²) in [5.74, 6) is 0.962. The summed E-state index contributed by atoms with van der Waals surface area (Å²) in [6, 6.07) is 4.83. The number of anilines is 1. The van der Waals surface area contributed by atoms with E-state index in [2.05, 4.69) is 20.1 Å². The first-order valence-electron chi connectivity index (χ1n) is 6.74. The van der Waals surface area contributed by atoms with Gasteiger partial charge in [0.15, 0.2) is 5.82 Å². The predicted octanol–water partition coefficient (Wildman–Crippen LogP) is 1.46. The van der Waals surface area contributed by atoms with Crippen molar-refractivity contribution in [2.75, 3.05) is 31.2 Å². The number of benzene rings is 1. The van der Waals surface area contributed by atoms with Gasteiger partial charge in [0.25, 0.3) is 6.47 Å². The van der Waals surface area contributed by atoms with Crippen LogP contribution in [0.4, 0.5) is 10.3 Å². The number of carboxylic acid groups (broad SMARTS) is 1. The number of hydrogen-bond donors (Lipinski definition) is 2. The lowest BCUT2D eigenvalue weighted by Crippen LogP contribution is -2.36. The second kappa shape index (κ2) is 7.51. The molecule has 2 aromatic rings. The summed E-state index contributed by atoms with van der Waals surface area (Å²) in [7, 11) is 0. The monoisotopic (exact) mass is 308 g/mol. The highest BCUT2D eigenvalue weighted by Gasteiger charge is 2.16. The molecule has 3 rings (SSSR count). The normalized spacial score (nSPS) is 14.2. The first-order valence-corrected chi connectivity index (χ1v) is 6.74. The van der Waals surface area contributed by atoms with E-state index in [0.29, 0.717) is 30.5 Å². The molecular formula is C14H17FN4O3. The molecule has 0 unspecified atom stereocenters. The third-order valence-electron chi connectivity index (χ3n) is 3.08. The molecule has 1 aliphatic rings. The van der Waals surface area contributed by atoms with Crippen molar-refractivity contribution in [2.45, 2.75) is 6.92 Å². The number of aryl methyl sites for hydroxylation is 1. The van der Waals surface area contributed by atoms with Gasteiger partial charge in [-0.1, -0.05) is 0 Å². The van der Waals surface area contributed by atoms with Gasteiger partial charge in [-0.2, -0.15) is 4.98 Å². The fraction of sp³-hybridized carbons (Fsp3) is 0.357. The molecule has 1 fully saturated rings. The fourth-order valence-electron chi connectivity index (χ4n) is 2.16. The Hall–Kier alpha value is -2.48. The molecule has 0 aliphatic carbocycles. The van der Waals surface area contributed by atoms with Crippen LogP contribution in [0.1, 0.15) is 5.56 Å². The molecular weight excluding hydrogens is 291 g/mol. The van der Waals surface area contributed by atoms with Crippen molar-refractivity contribution < 1.29 is 19.0 Å². The van der Waals surface area contributed by atoms with Crippen LogP contribution in [0.15, 0.2) is 18.2 Å². The van der Waals surface area contributed by atoms with Crippen LogP contribution >= 0.6 is 0 Å². The smallest absolute Gasteiger partial charge is 0.290 e. The lowest BCUT2D eigenvalue weighted by molar-refractivity contribution is -0.122. The summed E-state index contributed by atoms with van der Waals surface area (Å²) >= 11 is 0. The van der Waals surface area contributed by atoms with Crippen molar-refractivity contribution in [3.8, 4) is 11.4 Å². The van der Waals surface area contributed by atoms with E-state index >= 15 is 0 Å². The molecule has 1 aliphatic heterocycles. The zero-order chi connectivity index (χ0) is 15.9. The van der Waals surface area contributed by atoms with Crippen molar-refractivity contribution in [2.24, 2.45) is 0 Å². The lowest BCUT2D eigenvalue weighted by atomic mass is 10.1. The number of nitrogens with one attached hydrogen (secondary N) is 1. The van der Waals surface area contributed by atoms with Crippen LogP contribution in [0.5, 0.6) is 0 Å². The second-order valence-corrected chi connectivity index (χ2v) is 4.71. The zero-order valence-electron chi connectivity index (χ0n) is 12.1. The second-order valence-electron chi connectivity index (χ2n) is 4.71. The number of carbonyl (C=O) groups is 1. The van der Waals surface area contributed by atoms with Gasteiger partial charge in [-0.25, -0.2) is 4.39 Å². The van der Waals surface area contributed by atoms with Crippen LogP contribution in [0, 0.1) is 12.7 Å². The molecule has 2 N–H and O–H groups in total. The number of morpholine rings is 1. The van der Waals surface area contributed by atoms with Gasteiger partial charge in [-0.3, -0.25) is 9.89 Å². The average Bonchev–Trinajstić information content (AvgIpc) is 2.98. The number of H-pyrrole nitrogens is 1. The van der Waals surface area contributed by atoms with Gasteiger partial charge in [0, 0.05) is 18.7 Å². The quantitative estimate of drug-likeness (QED) is 0.816. The van der Waals surface area contributed by atoms with Crippen molar-refractivity contribution in [3.05, 3.63) is 29.6 Å². The highest BCUT2D eigenvalue weighted by atomic mass is 19.1. The lowest BCUT2D eigenvalue weighted by Gasteiger charge is -2.25. The summed E-state index contributed by atoms with van der Waals surface area (Å²) in [4.78, 5) is 14.8. The van der Waals surface area contributed by atoms with E-state index in [1.807, 2.05) is 13.0 Å². The maximum absolute atomic E-state index is 13.4. The van der Waals surface area contributed by atoms with Gasteiger partial charge in [0.2, 0.25) is 5.95 Å². The van der Waals surface area contributed by atoms with Crippen LogP contribution in [0.2, 0.25) is 0 Å². The van der Waals surface area contributed by atoms with Gasteiger partial charge in [0.05, 0.1) is 13.2 Å². The standard InChI is InChI=1S/C13H15FN4O.CH2O2/c1-9-6-10(8-11(14)7-9)12-15-13(17-16-12)18-2-4-19-5-3-18;2-1-3/h6-8H,2-5H2,1H3,(H,15,16,17);1H,(H,2,3). The summed E-state index contributed by atoms with van der Waals surface area (Å²) in [5.41, 5.74) is 1.57. The summed E-state index contributed by atoms with van der Waals surface area (Å²) in [5, 5.41) is 13.9. The molecule has 8 heteroatoms. The molecule has 7 nitrogen and oxygen atoms in total. The molecule has 0 spiro atoms. The number of rotatable bonds is 2. The Labute approximate surface area is 126 Å². The molecule has 0 atom stereocenters. The maximum Gasteiger partial charge on any atom is 0.290 e. The number of halogens is 1. The fourth-order valence-corrected chi connectivity index (χ4v) is 2.16. The minimum Gasteiger partial charge on any atom is -0.483 e. The van der Waals surface area contributed by atoms with Crippen LogP contribution in [0.25, 0.3) is 11.4 Å². The van der Waals surface area contributed by atoms with Crippen LogP contribution in [0.3, 0.4) is 0 Å². The largest absolute Gasteiger partial charge is 0.483 e. The molecule has 0 amide bonds. The first kappa shape index (κ1) is 15.9. The van der Waals surface area contributed by atoms with Crippen LogP contribution < -0.4 is 4.90 Å². The number of hydrogen-bond acceptors (Lipinski definition) is 5. The first-order chi connectivity index (χ1) is 10.6. The highest BCUT2D eigenvalue weighted by Crippen LogP contribution is 2.20. The maximum atomic E-state index is 13.4. The summed E-state index contributed by atoms with van der Waals surface area (Å²) in [6.45, 7) is 4.52. The minimum absolute atomic E-state index is 0.250. The van der Waals surface area contributed by atoms with Gasteiger partial charge >= 0.3 is 0 Å². The van der Waals surface area contributed by atoms with Crippen molar-refractivity contribution in [1.82, 2.24) is 15.2 Å². The third kappa shape index (κ3) is 4.01. The SMILES string of the molecule is Cc1cc(F)cc(-c2nc(N3CCOCC3)n[nH]2)c1.O=CO. The Balaban J connectivity index is 0.000000545. The topological polar surface area (TPSA) is 91.3 Å². The van der Waals surface area contributed by atoms with Crippen LogP contribution in [-0.4, -0.2) is 53.1 Å². The summed E-state index contributed by atoms with van der Waals surface area (Å²) in [6.07, 6.45) is 0. The van der Waals surface area contributed by atoms with E-state index in [4.69, 9.17) is 14.6 Å². The molecule has 1 aromatic carbocycles. The molecule has 22 heavy (non-hydrogen) atoms. The molecule has 118 valence electrons. The molecule has 0 bridgehead atoms. The molecule has 1 aromatic heterocycles. The van der Waals surface area contributed by atoms with Crippen molar-refractivity contribution in [1.29, 1.82) is 0 Å². The van der Waals surface area contributed by atoms with Gasteiger partial charge in [-0.15, -0.1) is 5.10 Å². The van der Waals surface area contributed by atoms with E-state index < -0.39 is 0 Å². The molecule has 0 saturated carbocycles. The average molecular weight is 308 g/mol. The number of aromatic nitrogens is 3. The predicted molar refractivity (Wildman–Crippen MR) is 78.2 cm³/mol. The minimum atomic E-state index is -0.265. The van der Waals surface area contributed by atoms with Gasteiger partial charge < -0.3 is 14.7 Å². The Kier molecular flexibility index (Phi) is 5.42. The van der Waals surface area contributed by atoms with Crippen molar-refractivity contribution >= 4 is 12.4 Å². The Morgan fingerprint density at radius 2 is 2.05 bits per heavy atom. The third-order valence-corrected chi connectivity index (χ3v) is 3.08. The Morgan fingerprint density at radius 3 is 2.68 bits per heavy atom. The van der Waals surface area contributed by atoms with Gasteiger partial charge in [-0.05, 0) is 30.7 Å². The molecule has 0 radical (unpaired) electrons. The van der Waals surface area contributed by atoms with E-state index in [9.17, 15) is 4.39 Å².